The first-order valence-corrected chi connectivity index (χ1v) is 4.11. The zero-order valence-corrected chi connectivity index (χ0v) is 7.36. The van der Waals surface area contributed by atoms with Gasteiger partial charge < -0.3 is 4.90 Å². The second-order valence-corrected chi connectivity index (χ2v) is 3.64. The molecule has 0 bridgehead atoms. The first-order chi connectivity index (χ1) is 5.01. The molecule has 0 radical (unpaired) electrons. The van der Waals surface area contributed by atoms with Gasteiger partial charge in [0.2, 0.25) is 0 Å². The Labute approximate surface area is 67.9 Å². The fourth-order valence-electron chi connectivity index (χ4n) is 1.35. The van der Waals surface area contributed by atoms with Crippen LogP contribution < -0.4 is 0 Å². The van der Waals surface area contributed by atoms with Crippen molar-refractivity contribution in [3.05, 3.63) is 12.3 Å². The van der Waals surface area contributed by atoms with Crippen LogP contribution in [0.1, 0.15) is 26.7 Å². The molecule has 0 aliphatic carbocycles. The van der Waals surface area contributed by atoms with Crippen molar-refractivity contribution in [2.75, 3.05) is 13.1 Å². The van der Waals surface area contributed by atoms with Gasteiger partial charge in [-0.15, -0.1) is 0 Å². The first kappa shape index (κ1) is 8.57. The third-order valence-electron chi connectivity index (χ3n) is 2.35. The lowest BCUT2D eigenvalue weighted by Crippen LogP contribution is -2.38. The van der Waals surface area contributed by atoms with E-state index in [0.29, 0.717) is 12.8 Å². The van der Waals surface area contributed by atoms with Gasteiger partial charge in [-0.3, -0.25) is 0 Å². The van der Waals surface area contributed by atoms with Crippen LogP contribution in [-0.4, -0.2) is 23.7 Å². The molecule has 64 valence electrons. The Hall–Kier alpha value is -0.530. The van der Waals surface area contributed by atoms with Crippen molar-refractivity contribution in [2.45, 2.75) is 32.4 Å². The average molecular weight is 157 g/mol. The number of piperidine rings is 1. The zero-order valence-electron chi connectivity index (χ0n) is 7.36. The highest BCUT2D eigenvalue weighted by molar-refractivity contribution is 4.94. The van der Waals surface area contributed by atoms with Gasteiger partial charge in [-0.05, 0) is 26.7 Å². The molecular formula is C9H16FN. The Kier molecular flexibility index (Phi) is 2.21. The lowest BCUT2D eigenvalue weighted by Gasteiger charge is -2.35. The quantitative estimate of drug-likeness (QED) is 0.564. The second kappa shape index (κ2) is 2.84. The predicted molar refractivity (Wildman–Crippen MR) is 45.1 cm³/mol. The lowest BCUT2D eigenvalue weighted by molar-refractivity contribution is 0.0906. The molecule has 11 heavy (non-hydrogen) atoms. The minimum atomic E-state index is -0.939. The number of halogens is 1. The molecule has 2 heteroatoms. The van der Waals surface area contributed by atoms with E-state index in [1.165, 1.54) is 0 Å². The highest BCUT2D eigenvalue weighted by Crippen LogP contribution is 2.26. The SMILES string of the molecule is C=C(C)N1CCC(C)(F)CC1. The Balaban J connectivity index is 2.42. The predicted octanol–water partition coefficient (Wildman–Crippen LogP) is 2.34. The standard InChI is InChI=1S/C9H16FN/c1-8(2)11-6-4-9(3,10)5-7-11/h1,4-7H2,2-3H3. The van der Waals surface area contributed by atoms with E-state index in [2.05, 4.69) is 11.5 Å². The Bertz CT molecular complexity index is 153. The third kappa shape index (κ3) is 2.21. The van der Waals surface area contributed by atoms with Crippen LogP contribution in [-0.2, 0) is 0 Å². The molecular weight excluding hydrogens is 141 g/mol. The van der Waals surface area contributed by atoms with Gasteiger partial charge >= 0.3 is 0 Å². The van der Waals surface area contributed by atoms with Crippen molar-refractivity contribution in [3.63, 3.8) is 0 Å². The summed E-state index contributed by atoms with van der Waals surface area (Å²) in [5.41, 5.74) is 0.117. The van der Waals surface area contributed by atoms with Gasteiger partial charge in [0, 0.05) is 18.8 Å². The molecule has 0 amide bonds. The summed E-state index contributed by atoms with van der Waals surface area (Å²) < 4.78 is 13.3. The number of likely N-dealkylation sites (tertiary alicyclic amines) is 1. The van der Waals surface area contributed by atoms with Crippen LogP contribution in [0.3, 0.4) is 0 Å². The molecule has 0 unspecified atom stereocenters. The van der Waals surface area contributed by atoms with Crippen molar-refractivity contribution < 1.29 is 4.39 Å². The van der Waals surface area contributed by atoms with Gasteiger partial charge in [-0.2, -0.15) is 0 Å². The maximum Gasteiger partial charge on any atom is 0.111 e. The molecule has 1 rings (SSSR count). The van der Waals surface area contributed by atoms with Crippen LogP contribution in [0.4, 0.5) is 4.39 Å². The molecule has 0 aromatic carbocycles. The summed E-state index contributed by atoms with van der Waals surface area (Å²) in [5.74, 6) is 0. The van der Waals surface area contributed by atoms with E-state index in [9.17, 15) is 4.39 Å². The minimum absolute atomic E-state index is 0.639. The van der Waals surface area contributed by atoms with Crippen LogP contribution in [0.15, 0.2) is 12.3 Å². The van der Waals surface area contributed by atoms with Crippen LogP contribution in [0, 0.1) is 0 Å². The molecule has 1 aliphatic rings. The largest absolute Gasteiger partial charge is 0.375 e. The fraction of sp³-hybridized carbons (Fsp3) is 0.778. The maximum atomic E-state index is 13.3. The molecule has 1 fully saturated rings. The van der Waals surface area contributed by atoms with Crippen molar-refractivity contribution in [3.8, 4) is 0 Å². The number of hydrogen-bond acceptors (Lipinski definition) is 1. The van der Waals surface area contributed by atoms with E-state index in [-0.39, 0.29) is 0 Å². The Morgan fingerprint density at radius 3 is 2.27 bits per heavy atom. The summed E-state index contributed by atoms with van der Waals surface area (Å²) in [6.07, 6.45) is 1.28. The number of alkyl halides is 1. The molecule has 0 N–H and O–H groups in total. The van der Waals surface area contributed by atoms with Crippen LogP contribution >= 0.6 is 0 Å². The summed E-state index contributed by atoms with van der Waals surface area (Å²) in [6, 6.07) is 0. The van der Waals surface area contributed by atoms with Crippen LogP contribution in [0.5, 0.6) is 0 Å². The highest BCUT2D eigenvalue weighted by atomic mass is 19.1. The van der Waals surface area contributed by atoms with E-state index in [0.717, 1.165) is 18.8 Å². The highest BCUT2D eigenvalue weighted by Gasteiger charge is 2.28. The van der Waals surface area contributed by atoms with Gasteiger partial charge in [0.15, 0.2) is 0 Å². The summed E-state index contributed by atoms with van der Waals surface area (Å²) in [5, 5.41) is 0. The van der Waals surface area contributed by atoms with E-state index >= 15 is 0 Å². The van der Waals surface area contributed by atoms with Gasteiger partial charge in [-0.1, -0.05) is 6.58 Å². The van der Waals surface area contributed by atoms with Crippen molar-refractivity contribution in [1.29, 1.82) is 0 Å². The number of hydrogen-bond donors (Lipinski definition) is 0. The van der Waals surface area contributed by atoms with Gasteiger partial charge in [0.1, 0.15) is 5.67 Å². The lowest BCUT2D eigenvalue weighted by atomic mass is 9.95. The van der Waals surface area contributed by atoms with Crippen LogP contribution in [0.2, 0.25) is 0 Å². The number of rotatable bonds is 1. The summed E-state index contributed by atoms with van der Waals surface area (Å²) >= 11 is 0. The average Bonchev–Trinajstić information content (AvgIpc) is 1.86. The summed E-state index contributed by atoms with van der Waals surface area (Å²) in [6.45, 7) is 9.13. The molecule has 1 heterocycles. The van der Waals surface area contributed by atoms with Gasteiger partial charge in [0.25, 0.3) is 0 Å². The number of nitrogens with zero attached hydrogens (tertiary/aromatic N) is 1. The molecule has 0 atom stereocenters. The minimum Gasteiger partial charge on any atom is -0.375 e. The monoisotopic (exact) mass is 157 g/mol. The fourth-order valence-corrected chi connectivity index (χ4v) is 1.35. The molecule has 0 saturated carbocycles. The Morgan fingerprint density at radius 2 is 1.91 bits per heavy atom. The van der Waals surface area contributed by atoms with Gasteiger partial charge in [-0.25, -0.2) is 4.39 Å². The molecule has 1 nitrogen and oxygen atoms in total. The van der Waals surface area contributed by atoms with E-state index in [1.54, 1.807) is 6.92 Å². The van der Waals surface area contributed by atoms with Crippen molar-refractivity contribution in [2.24, 2.45) is 0 Å². The van der Waals surface area contributed by atoms with Crippen molar-refractivity contribution in [1.82, 2.24) is 4.90 Å². The molecule has 0 aromatic heterocycles. The summed E-state index contributed by atoms with van der Waals surface area (Å²) in [7, 11) is 0. The van der Waals surface area contributed by atoms with Crippen molar-refractivity contribution >= 4 is 0 Å². The van der Waals surface area contributed by atoms with E-state index in [1.807, 2.05) is 6.92 Å². The topological polar surface area (TPSA) is 3.24 Å². The Morgan fingerprint density at radius 1 is 1.45 bits per heavy atom. The normalized spacial score (nSPS) is 23.4. The molecule has 1 saturated heterocycles. The zero-order chi connectivity index (χ0) is 8.48. The molecule has 1 aliphatic heterocycles. The maximum absolute atomic E-state index is 13.3. The van der Waals surface area contributed by atoms with Gasteiger partial charge in [0.05, 0.1) is 0 Å². The summed E-state index contributed by atoms with van der Waals surface area (Å²) in [4.78, 5) is 2.14. The van der Waals surface area contributed by atoms with Crippen LogP contribution in [0.25, 0.3) is 0 Å². The number of allylic oxidation sites excluding steroid dienone is 1. The molecule has 0 spiro atoms. The second-order valence-electron chi connectivity index (χ2n) is 3.64. The third-order valence-corrected chi connectivity index (χ3v) is 2.35. The van der Waals surface area contributed by atoms with E-state index < -0.39 is 5.67 Å². The molecule has 0 aromatic rings. The first-order valence-electron chi connectivity index (χ1n) is 4.11. The van der Waals surface area contributed by atoms with E-state index in [4.69, 9.17) is 0 Å². The smallest absolute Gasteiger partial charge is 0.111 e.